The van der Waals surface area contributed by atoms with Crippen molar-refractivity contribution in [3.05, 3.63) is 67.3 Å². The van der Waals surface area contributed by atoms with Crippen LogP contribution >= 0.6 is 11.3 Å². The van der Waals surface area contributed by atoms with Crippen LogP contribution in [-0.2, 0) is 0 Å². The average molecular weight is 561 g/mol. The molecule has 1 aliphatic heterocycles. The van der Waals surface area contributed by atoms with Crippen molar-refractivity contribution in [2.45, 2.75) is 62.6 Å². The van der Waals surface area contributed by atoms with Gasteiger partial charge in [0.25, 0.3) is 0 Å². The first-order valence-electron chi connectivity index (χ1n) is 14.0. The van der Waals surface area contributed by atoms with Crippen LogP contribution < -0.4 is 19.7 Å². The Hall–Kier alpha value is -3.47. The average Bonchev–Trinajstić information content (AvgIpc) is 3.37. The molecule has 5 atom stereocenters. The molecule has 10 heteroatoms. The number of thiazole rings is 1. The van der Waals surface area contributed by atoms with Crippen LogP contribution in [0.4, 0.5) is 10.8 Å². The van der Waals surface area contributed by atoms with Crippen LogP contribution in [0.1, 0.15) is 32.1 Å². The first kappa shape index (κ1) is 26.7. The number of hydrogen-bond donors (Lipinski definition) is 2. The molecule has 0 amide bonds. The molecule has 4 heterocycles. The standard InChI is InChI=1S/C30H36N6O3S/c1-35(2)25-13-18-36(29(39-22-11-16-32-17-12-22)28(25)38-21-9-14-31-15-10-21)20-7-8-24-27(19-20)40-30(34-24)33-23-5-3-4-6-26(23)37/h7-12,14-17,19,23,25-26,28-29,37H,3-6,13,18H2,1-2H3,(H,33,34)/t23-,25?,26-,28?,29?/m1/s1. The van der Waals surface area contributed by atoms with Gasteiger partial charge in [-0.15, -0.1) is 0 Å². The molecular formula is C30H36N6O3S. The molecule has 9 nitrogen and oxygen atoms in total. The fraction of sp³-hybridized carbons (Fsp3) is 0.433. The van der Waals surface area contributed by atoms with Gasteiger partial charge in [0.2, 0.25) is 6.23 Å². The number of rotatable bonds is 8. The van der Waals surface area contributed by atoms with E-state index in [2.05, 4.69) is 57.4 Å². The summed E-state index contributed by atoms with van der Waals surface area (Å²) in [5, 5.41) is 14.8. The summed E-state index contributed by atoms with van der Waals surface area (Å²) in [5.41, 5.74) is 2.00. The molecule has 1 aromatic carbocycles. The minimum absolute atomic E-state index is 0.0584. The largest absolute Gasteiger partial charge is 0.483 e. The van der Waals surface area contributed by atoms with E-state index in [4.69, 9.17) is 14.5 Å². The van der Waals surface area contributed by atoms with Gasteiger partial charge in [-0.05, 0) is 75.8 Å². The van der Waals surface area contributed by atoms with Crippen molar-refractivity contribution in [2.24, 2.45) is 0 Å². The number of hydrogen-bond acceptors (Lipinski definition) is 10. The Morgan fingerprint density at radius 1 is 0.925 bits per heavy atom. The predicted molar refractivity (Wildman–Crippen MR) is 158 cm³/mol. The summed E-state index contributed by atoms with van der Waals surface area (Å²) < 4.78 is 14.4. The maximum atomic E-state index is 10.4. The van der Waals surface area contributed by atoms with Crippen molar-refractivity contribution >= 4 is 32.4 Å². The molecule has 1 aliphatic carbocycles. The summed E-state index contributed by atoms with van der Waals surface area (Å²) in [4.78, 5) is 17.6. The number of aromatic nitrogens is 3. The fourth-order valence-electron chi connectivity index (χ4n) is 5.75. The summed E-state index contributed by atoms with van der Waals surface area (Å²) in [7, 11) is 4.18. The van der Waals surface area contributed by atoms with Gasteiger partial charge in [-0.25, -0.2) is 4.98 Å². The van der Waals surface area contributed by atoms with Crippen molar-refractivity contribution < 1.29 is 14.6 Å². The van der Waals surface area contributed by atoms with E-state index in [0.29, 0.717) is 0 Å². The lowest BCUT2D eigenvalue weighted by Crippen LogP contribution is -2.63. The number of nitrogens with one attached hydrogen (secondary N) is 1. The monoisotopic (exact) mass is 560 g/mol. The number of aliphatic hydroxyl groups is 1. The normalized spacial score (nSPS) is 25.2. The van der Waals surface area contributed by atoms with Gasteiger partial charge < -0.3 is 29.7 Å². The third-order valence-corrected chi connectivity index (χ3v) is 8.82. The molecule has 1 saturated heterocycles. The number of ether oxygens (including phenoxy) is 2. The molecule has 2 fully saturated rings. The molecule has 2 N–H and O–H groups in total. The van der Waals surface area contributed by atoms with E-state index in [9.17, 15) is 5.11 Å². The smallest absolute Gasteiger partial charge is 0.211 e. The van der Waals surface area contributed by atoms with E-state index in [1.807, 2.05) is 24.3 Å². The number of benzene rings is 1. The van der Waals surface area contributed by atoms with Gasteiger partial charge in [0, 0.05) is 37.0 Å². The van der Waals surface area contributed by atoms with Crippen molar-refractivity contribution in [3.8, 4) is 11.5 Å². The molecule has 3 unspecified atom stereocenters. The summed E-state index contributed by atoms with van der Waals surface area (Å²) in [6.45, 7) is 0.804. The summed E-state index contributed by atoms with van der Waals surface area (Å²) in [5.74, 6) is 1.50. The minimum Gasteiger partial charge on any atom is -0.483 e. The van der Waals surface area contributed by atoms with Crippen molar-refractivity contribution in [2.75, 3.05) is 30.9 Å². The van der Waals surface area contributed by atoms with Gasteiger partial charge in [0.05, 0.1) is 28.4 Å². The van der Waals surface area contributed by atoms with Gasteiger partial charge in [0.1, 0.15) is 11.5 Å². The first-order valence-corrected chi connectivity index (χ1v) is 14.8. The van der Waals surface area contributed by atoms with Crippen molar-refractivity contribution in [3.63, 3.8) is 0 Å². The van der Waals surface area contributed by atoms with Crippen LogP contribution in [0.15, 0.2) is 67.3 Å². The molecule has 0 spiro atoms. The topological polar surface area (TPSA) is 95.9 Å². The second-order valence-electron chi connectivity index (χ2n) is 10.7. The summed E-state index contributed by atoms with van der Waals surface area (Å²) >= 11 is 1.63. The van der Waals surface area contributed by atoms with Crippen molar-refractivity contribution in [1.82, 2.24) is 19.9 Å². The molecule has 3 aromatic heterocycles. The lowest BCUT2D eigenvalue weighted by molar-refractivity contribution is -0.0193. The predicted octanol–water partition coefficient (Wildman–Crippen LogP) is 4.79. The Labute approximate surface area is 238 Å². The highest BCUT2D eigenvalue weighted by atomic mass is 32.1. The maximum absolute atomic E-state index is 10.4. The molecule has 0 bridgehead atoms. The Morgan fingerprint density at radius 3 is 2.33 bits per heavy atom. The highest BCUT2D eigenvalue weighted by Gasteiger charge is 2.43. The number of likely N-dealkylation sites (N-methyl/N-ethyl adjacent to an activating group) is 1. The number of pyridine rings is 2. The van der Waals surface area contributed by atoms with Crippen LogP contribution in [-0.4, -0.2) is 76.1 Å². The molecule has 0 radical (unpaired) electrons. The number of aliphatic hydroxyl groups excluding tert-OH is 1. The zero-order valence-electron chi connectivity index (χ0n) is 22.9. The van der Waals surface area contributed by atoms with Gasteiger partial charge in [-0.1, -0.05) is 24.2 Å². The second-order valence-corrected chi connectivity index (χ2v) is 11.8. The van der Waals surface area contributed by atoms with E-state index in [-0.39, 0.29) is 24.3 Å². The van der Waals surface area contributed by atoms with Gasteiger partial charge in [0.15, 0.2) is 11.2 Å². The lowest BCUT2D eigenvalue weighted by Gasteiger charge is -2.47. The third kappa shape index (κ3) is 5.84. The first-order chi connectivity index (χ1) is 19.5. The molecular weight excluding hydrogens is 524 g/mol. The number of piperidine rings is 1. The Bertz CT molecular complexity index is 1390. The molecule has 4 aromatic rings. The molecule has 40 heavy (non-hydrogen) atoms. The van der Waals surface area contributed by atoms with E-state index < -0.39 is 6.23 Å². The van der Waals surface area contributed by atoms with Crippen LogP contribution in [0.2, 0.25) is 0 Å². The lowest BCUT2D eigenvalue weighted by atomic mass is 9.93. The van der Waals surface area contributed by atoms with E-state index >= 15 is 0 Å². The van der Waals surface area contributed by atoms with E-state index in [1.54, 1.807) is 36.1 Å². The molecule has 6 rings (SSSR count). The maximum Gasteiger partial charge on any atom is 0.211 e. The number of fused-ring (bicyclic) bond motifs is 1. The van der Waals surface area contributed by atoms with Crippen LogP contribution in [0.3, 0.4) is 0 Å². The third-order valence-electron chi connectivity index (χ3n) is 7.87. The Morgan fingerprint density at radius 2 is 1.62 bits per heavy atom. The Kier molecular flexibility index (Phi) is 7.99. The SMILES string of the molecule is CN(C)C1CCN(c2ccc3nc(N[C@@H]4CCCC[C@H]4O)sc3c2)C(Oc2ccncc2)C1Oc1ccncc1. The number of anilines is 2. The van der Waals surface area contributed by atoms with Crippen LogP contribution in [0.5, 0.6) is 11.5 Å². The fourth-order valence-corrected chi connectivity index (χ4v) is 6.71. The summed E-state index contributed by atoms with van der Waals surface area (Å²) in [6.07, 6.45) is 10.9. The van der Waals surface area contributed by atoms with Crippen LogP contribution in [0, 0.1) is 0 Å². The van der Waals surface area contributed by atoms with E-state index in [1.165, 1.54) is 0 Å². The molecule has 210 valence electrons. The van der Waals surface area contributed by atoms with Crippen molar-refractivity contribution in [1.29, 1.82) is 0 Å². The van der Waals surface area contributed by atoms with Crippen LogP contribution in [0.25, 0.3) is 10.2 Å². The van der Waals surface area contributed by atoms with Gasteiger partial charge in [-0.3, -0.25) is 9.97 Å². The zero-order chi connectivity index (χ0) is 27.5. The molecule has 2 aliphatic rings. The second kappa shape index (κ2) is 12.0. The van der Waals surface area contributed by atoms with E-state index in [0.717, 1.165) is 71.2 Å². The quantitative estimate of drug-likeness (QED) is 0.315. The highest BCUT2D eigenvalue weighted by molar-refractivity contribution is 7.22. The van der Waals surface area contributed by atoms with Gasteiger partial charge >= 0.3 is 0 Å². The highest BCUT2D eigenvalue weighted by Crippen LogP contribution is 2.36. The minimum atomic E-state index is -0.392. The van der Waals surface area contributed by atoms with Gasteiger partial charge in [-0.2, -0.15) is 0 Å². The molecule has 1 saturated carbocycles. The summed E-state index contributed by atoms with van der Waals surface area (Å²) in [6, 6.07) is 14.1. The zero-order valence-corrected chi connectivity index (χ0v) is 23.7. The number of nitrogens with zero attached hydrogens (tertiary/aromatic N) is 5. The Balaban J connectivity index is 1.32.